The molecule has 33 heavy (non-hydrogen) atoms. The molecule has 2 aromatic carbocycles. The summed E-state index contributed by atoms with van der Waals surface area (Å²) in [6, 6.07) is 14.0. The predicted molar refractivity (Wildman–Crippen MR) is 122 cm³/mol. The molecule has 1 fully saturated rings. The lowest BCUT2D eigenvalue weighted by Gasteiger charge is -2.34. The van der Waals surface area contributed by atoms with Crippen molar-refractivity contribution in [1.82, 2.24) is 5.32 Å². The van der Waals surface area contributed by atoms with Gasteiger partial charge in [-0.15, -0.1) is 0 Å². The van der Waals surface area contributed by atoms with Crippen LogP contribution in [-0.2, 0) is 26.1 Å². The Balaban J connectivity index is 1.22. The van der Waals surface area contributed by atoms with Gasteiger partial charge in [-0.2, -0.15) is 0 Å². The highest BCUT2D eigenvalue weighted by Crippen LogP contribution is 2.40. The first-order chi connectivity index (χ1) is 15.7. The maximum Gasteiger partial charge on any atom is 0.407 e. The van der Waals surface area contributed by atoms with E-state index in [1.165, 1.54) is 18.2 Å². The van der Waals surface area contributed by atoms with Crippen LogP contribution in [0.5, 0.6) is 0 Å². The van der Waals surface area contributed by atoms with Crippen LogP contribution in [0.25, 0.3) is 0 Å². The van der Waals surface area contributed by atoms with Gasteiger partial charge < -0.3 is 14.9 Å². The first-order valence-electron chi connectivity index (χ1n) is 10.7. The molecule has 1 aliphatic heterocycles. The molecule has 176 valence electrons. The molecule has 0 bridgehead atoms. The third kappa shape index (κ3) is 6.01. The molecule has 2 aromatic rings. The average Bonchev–Trinajstić information content (AvgIpc) is 3.19. The molecule has 2 aliphatic rings. The Morgan fingerprint density at radius 1 is 1.21 bits per heavy atom. The van der Waals surface area contributed by atoms with E-state index in [2.05, 4.69) is 15.2 Å². The second-order valence-electron chi connectivity index (χ2n) is 8.50. The third-order valence-corrected chi connectivity index (χ3v) is 6.42. The molecule has 0 atom stereocenters. The first-order valence-corrected chi connectivity index (χ1v) is 12.6. The van der Waals surface area contributed by atoms with Crippen LogP contribution in [0.1, 0.15) is 43.2 Å². The highest BCUT2D eigenvalue weighted by Gasteiger charge is 2.43. The number of sulfonamides is 1. The van der Waals surface area contributed by atoms with Crippen molar-refractivity contribution in [3.05, 3.63) is 65.5 Å². The quantitative estimate of drug-likeness (QED) is 0.659. The molecule has 4 rings (SSSR count). The van der Waals surface area contributed by atoms with Crippen molar-refractivity contribution in [2.24, 2.45) is 5.16 Å². The summed E-state index contributed by atoms with van der Waals surface area (Å²) in [7, 11) is -3.58. The van der Waals surface area contributed by atoms with Gasteiger partial charge in [-0.05, 0) is 48.9 Å². The van der Waals surface area contributed by atoms with E-state index < -0.39 is 21.9 Å². The van der Waals surface area contributed by atoms with Crippen LogP contribution in [0.2, 0.25) is 0 Å². The van der Waals surface area contributed by atoms with Crippen molar-refractivity contribution in [2.75, 3.05) is 11.0 Å². The molecule has 1 saturated carbocycles. The zero-order chi connectivity index (χ0) is 23.5. The number of nitrogens with one attached hydrogen (secondary N) is 2. The van der Waals surface area contributed by atoms with Gasteiger partial charge in [0.05, 0.1) is 17.7 Å². The van der Waals surface area contributed by atoms with E-state index in [-0.39, 0.29) is 23.9 Å². The standard InChI is InChI=1S/C23H26FN3O5S/c1-33(29,30)27-20-8-7-16(13-19(20)24)15-25-22(28)31-18-9-11-23(12-10-18)14-21(26-32-23)17-5-3-2-4-6-17/h2-8,13,18,27H,9-12,14-15H2,1H3,(H,25,28). The fourth-order valence-corrected chi connectivity index (χ4v) is 4.69. The number of rotatable bonds is 6. The second kappa shape index (κ2) is 9.38. The molecule has 1 aliphatic carbocycles. The zero-order valence-corrected chi connectivity index (χ0v) is 19.0. The number of amides is 1. The summed E-state index contributed by atoms with van der Waals surface area (Å²) in [4.78, 5) is 18.0. The molecule has 1 amide bonds. The summed E-state index contributed by atoms with van der Waals surface area (Å²) in [5, 5.41) is 6.90. The number of hydrogen-bond donors (Lipinski definition) is 2. The average molecular weight is 476 g/mol. The van der Waals surface area contributed by atoms with E-state index in [0.717, 1.165) is 36.8 Å². The largest absolute Gasteiger partial charge is 0.446 e. The maximum absolute atomic E-state index is 14.1. The predicted octanol–water partition coefficient (Wildman–Crippen LogP) is 3.93. The summed E-state index contributed by atoms with van der Waals surface area (Å²) < 4.78 is 44.2. The Bertz CT molecular complexity index is 1150. The van der Waals surface area contributed by atoms with E-state index in [0.29, 0.717) is 18.4 Å². The molecule has 0 radical (unpaired) electrons. The number of carbonyl (C=O) groups is 1. The first kappa shape index (κ1) is 23.0. The number of oxime groups is 1. The minimum Gasteiger partial charge on any atom is -0.446 e. The van der Waals surface area contributed by atoms with Gasteiger partial charge in [0, 0.05) is 13.0 Å². The van der Waals surface area contributed by atoms with Crippen LogP contribution in [0.3, 0.4) is 0 Å². The van der Waals surface area contributed by atoms with Crippen LogP contribution in [0.4, 0.5) is 14.9 Å². The molecule has 8 nitrogen and oxygen atoms in total. The van der Waals surface area contributed by atoms with Crippen molar-refractivity contribution in [1.29, 1.82) is 0 Å². The number of hydrogen-bond acceptors (Lipinski definition) is 6. The third-order valence-electron chi connectivity index (χ3n) is 5.83. The number of carbonyl (C=O) groups excluding carboxylic acids is 1. The van der Waals surface area contributed by atoms with E-state index in [9.17, 15) is 17.6 Å². The number of alkyl carbamates (subject to hydrolysis) is 1. The molecule has 0 aromatic heterocycles. The maximum atomic E-state index is 14.1. The van der Waals surface area contributed by atoms with Gasteiger partial charge in [-0.25, -0.2) is 17.6 Å². The van der Waals surface area contributed by atoms with Gasteiger partial charge in [0.15, 0.2) is 0 Å². The van der Waals surface area contributed by atoms with E-state index >= 15 is 0 Å². The summed E-state index contributed by atoms with van der Waals surface area (Å²) >= 11 is 0. The van der Waals surface area contributed by atoms with E-state index in [1.807, 2.05) is 30.3 Å². The Kier molecular flexibility index (Phi) is 6.55. The molecule has 0 saturated heterocycles. The fraction of sp³-hybridized carbons (Fsp3) is 0.391. The van der Waals surface area contributed by atoms with Crippen LogP contribution < -0.4 is 10.0 Å². The Morgan fingerprint density at radius 2 is 1.94 bits per heavy atom. The fourth-order valence-electron chi connectivity index (χ4n) is 4.13. The van der Waals surface area contributed by atoms with Crippen LogP contribution in [0.15, 0.2) is 53.7 Å². The SMILES string of the molecule is CS(=O)(=O)Nc1ccc(CNC(=O)OC2CCC3(CC2)CC(c2ccccc2)=NO3)cc1F. The van der Waals surface area contributed by atoms with Gasteiger partial charge in [-0.3, -0.25) is 4.72 Å². The smallest absolute Gasteiger partial charge is 0.407 e. The highest BCUT2D eigenvalue weighted by atomic mass is 32.2. The van der Waals surface area contributed by atoms with Crippen molar-refractivity contribution in [3.8, 4) is 0 Å². The number of halogens is 1. The monoisotopic (exact) mass is 475 g/mol. The van der Waals surface area contributed by atoms with Crippen molar-refractivity contribution < 1.29 is 27.2 Å². The molecule has 10 heteroatoms. The highest BCUT2D eigenvalue weighted by molar-refractivity contribution is 7.92. The molecule has 1 spiro atoms. The van der Waals surface area contributed by atoms with Crippen LogP contribution >= 0.6 is 0 Å². The van der Waals surface area contributed by atoms with Gasteiger partial charge in [0.1, 0.15) is 17.5 Å². The lowest BCUT2D eigenvalue weighted by molar-refractivity contribution is -0.0695. The second-order valence-corrected chi connectivity index (χ2v) is 10.3. The van der Waals surface area contributed by atoms with Gasteiger partial charge in [-0.1, -0.05) is 41.6 Å². The number of nitrogens with zero attached hydrogens (tertiary/aromatic N) is 1. The topological polar surface area (TPSA) is 106 Å². The molecule has 1 heterocycles. The summed E-state index contributed by atoms with van der Waals surface area (Å²) in [5.41, 5.74) is 2.01. The van der Waals surface area contributed by atoms with Gasteiger partial charge >= 0.3 is 6.09 Å². The van der Waals surface area contributed by atoms with Gasteiger partial charge in [0.25, 0.3) is 0 Å². The normalized spacial score (nSPS) is 22.4. The lowest BCUT2D eigenvalue weighted by atomic mass is 9.79. The van der Waals surface area contributed by atoms with Crippen LogP contribution in [-0.4, -0.2) is 38.2 Å². The Morgan fingerprint density at radius 3 is 2.61 bits per heavy atom. The number of benzene rings is 2. The number of ether oxygens (including phenoxy) is 1. The van der Waals surface area contributed by atoms with Crippen molar-refractivity contribution in [3.63, 3.8) is 0 Å². The van der Waals surface area contributed by atoms with Crippen molar-refractivity contribution in [2.45, 2.75) is 50.4 Å². The van der Waals surface area contributed by atoms with Gasteiger partial charge in [0.2, 0.25) is 10.0 Å². The minimum absolute atomic E-state index is 0.0585. The zero-order valence-electron chi connectivity index (χ0n) is 18.2. The molecule has 0 unspecified atom stereocenters. The summed E-state index contributed by atoms with van der Waals surface area (Å²) in [6.07, 6.45) is 3.71. The molecular formula is C23H26FN3O5S. The van der Waals surface area contributed by atoms with E-state index in [4.69, 9.17) is 9.57 Å². The number of anilines is 1. The Labute approximate surface area is 192 Å². The van der Waals surface area contributed by atoms with Crippen molar-refractivity contribution >= 4 is 27.5 Å². The lowest BCUT2D eigenvalue weighted by Crippen LogP contribution is -2.39. The molecule has 2 N–H and O–H groups in total. The minimum atomic E-state index is -3.58. The van der Waals surface area contributed by atoms with Crippen LogP contribution in [0, 0.1) is 5.82 Å². The summed E-state index contributed by atoms with van der Waals surface area (Å²) in [5.74, 6) is -0.723. The summed E-state index contributed by atoms with van der Waals surface area (Å²) in [6.45, 7) is 0.0585. The molecular weight excluding hydrogens is 449 g/mol. The Hall–Kier alpha value is -3.14. The van der Waals surface area contributed by atoms with E-state index in [1.54, 1.807) is 0 Å².